The summed E-state index contributed by atoms with van der Waals surface area (Å²) in [5.41, 5.74) is 4.61. The van der Waals surface area contributed by atoms with Crippen molar-refractivity contribution in [1.29, 1.82) is 0 Å². The number of carbonyl (C=O) groups is 1. The lowest BCUT2D eigenvalue weighted by molar-refractivity contribution is -0.119. The van der Waals surface area contributed by atoms with Crippen LogP contribution in [0.5, 0.6) is 0 Å². The Morgan fingerprint density at radius 1 is 1.17 bits per heavy atom. The number of rotatable bonds is 6. The van der Waals surface area contributed by atoms with Gasteiger partial charge in [0, 0.05) is 6.54 Å². The molecule has 0 fully saturated rings. The van der Waals surface area contributed by atoms with Crippen LogP contribution in [0.25, 0.3) is 10.9 Å². The summed E-state index contributed by atoms with van der Waals surface area (Å²) >= 11 is 1.31. The molecule has 1 amide bonds. The lowest BCUT2D eigenvalue weighted by atomic mass is 9.89. The third kappa shape index (κ3) is 4.29. The molecule has 1 N–H and O–H groups in total. The standard InChI is InChI=1S/C24H27N3O2S/c1-3-27-23(29)20-10-6-7-11-21(20)26-24(27)30-15-22(28)25-16(2)18-13-12-17-8-4-5-9-19(17)14-18/h6-7,10-14,16H,3-5,8-9,15H2,1-2H3,(H,25,28). The minimum Gasteiger partial charge on any atom is -0.349 e. The number of thioether (sulfide) groups is 1. The summed E-state index contributed by atoms with van der Waals surface area (Å²) in [6.45, 7) is 4.45. The minimum atomic E-state index is -0.0616. The fourth-order valence-corrected chi connectivity index (χ4v) is 4.93. The van der Waals surface area contributed by atoms with E-state index in [-0.39, 0.29) is 23.3 Å². The van der Waals surface area contributed by atoms with Crippen LogP contribution in [0.4, 0.5) is 0 Å². The van der Waals surface area contributed by atoms with Crippen LogP contribution in [0.2, 0.25) is 0 Å². The second-order valence-electron chi connectivity index (χ2n) is 7.77. The summed E-state index contributed by atoms with van der Waals surface area (Å²) < 4.78 is 1.63. The van der Waals surface area contributed by atoms with Crippen LogP contribution in [0.3, 0.4) is 0 Å². The molecule has 2 aromatic carbocycles. The van der Waals surface area contributed by atoms with Crippen molar-refractivity contribution in [3.05, 3.63) is 69.5 Å². The van der Waals surface area contributed by atoms with Gasteiger partial charge in [-0.05, 0) is 68.4 Å². The van der Waals surface area contributed by atoms with E-state index in [1.54, 1.807) is 10.6 Å². The average Bonchev–Trinajstić information content (AvgIpc) is 2.77. The van der Waals surface area contributed by atoms with Gasteiger partial charge in [-0.3, -0.25) is 14.2 Å². The predicted octanol–water partition coefficient (Wildman–Crippen LogP) is 4.26. The zero-order chi connectivity index (χ0) is 21.1. The quantitative estimate of drug-likeness (QED) is 0.477. The normalized spacial score (nSPS) is 14.3. The number of fused-ring (bicyclic) bond motifs is 2. The van der Waals surface area contributed by atoms with Crippen molar-refractivity contribution in [3.8, 4) is 0 Å². The molecular formula is C24H27N3O2S. The molecule has 156 valence electrons. The second kappa shape index (κ2) is 9.04. The highest BCUT2D eigenvalue weighted by Gasteiger charge is 2.16. The van der Waals surface area contributed by atoms with Gasteiger partial charge in [-0.2, -0.15) is 0 Å². The van der Waals surface area contributed by atoms with E-state index in [9.17, 15) is 9.59 Å². The first-order valence-electron chi connectivity index (χ1n) is 10.6. The fourth-order valence-electron chi connectivity index (χ4n) is 4.06. The molecule has 1 atom stereocenters. The van der Waals surface area contributed by atoms with Crippen LogP contribution >= 0.6 is 11.8 Å². The molecule has 0 spiro atoms. The third-order valence-electron chi connectivity index (χ3n) is 5.73. The van der Waals surface area contributed by atoms with Crippen LogP contribution in [0, 0.1) is 0 Å². The Hall–Kier alpha value is -2.60. The number of para-hydroxylation sites is 1. The molecule has 1 aliphatic rings. The van der Waals surface area contributed by atoms with Gasteiger partial charge in [-0.1, -0.05) is 42.1 Å². The molecule has 0 saturated carbocycles. The summed E-state index contributed by atoms with van der Waals surface area (Å²) in [7, 11) is 0. The molecule has 0 saturated heterocycles. The highest BCUT2D eigenvalue weighted by molar-refractivity contribution is 7.99. The molecule has 0 bridgehead atoms. The topological polar surface area (TPSA) is 64.0 Å². The summed E-state index contributed by atoms with van der Waals surface area (Å²) in [6, 6.07) is 13.9. The maximum Gasteiger partial charge on any atom is 0.262 e. The number of carbonyl (C=O) groups excluding carboxylic acids is 1. The summed E-state index contributed by atoms with van der Waals surface area (Å²) in [5.74, 6) is 0.162. The summed E-state index contributed by atoms with van der Waals surface area (Å²) in [4.78, 5) is 29.9. The van der Waals surface area contributed by atoms with E-state index in [1.807, 2.05) is 32.0 Å². The first kappa shape index (κ1) is 20.7. The Labute approximate surface area is 180 Å². The minimum absolute atomic E-state index is 0.0525. The molecule has 1 heterocycles. The number of benzene rings is 2. The van der Waals surface area contributed by atoms with E-state index in [0.29, 0.717) is 22.6 Å². The second-order valence-corrected chi connectivity index (χ2v) is 8.72. The monoisotopic (exact) mass is 421 g/mol. The molecule has 6 heteroatoms. The van der Waals surface area contributed by atoms with E-state index in [4.69, 9.17) is 0 Å². The SMILES string of the molecule is CCn1c(SCC(=O)NC(C)c2ccc3c(c2)CCCC3)nc2ccccc2c1=O. The Morgan fingerprint density at radius 2 is 1.93 bits per heavy atom. The van der Waals surface area contributed by atoms with Crippen molar-refractivity contribution in [1.82, 2.24) is 14.9 Å². The van der Waals surface area contributed by atoms with Crippen molar-refractivity contribution in [2.24, 2.45) is 0 Å². The number of hydrogen-bond donors (Lipinski definition) is 1. The lowest BCUT2D eigenvalue weighted by Crippen LogP contribution is -2.29. The van der Waals surface area contributed by atoms with E-state index in [2.05, 4.69) is 28.5 Å². The van der Waals surface area contributed by atoms with Gasteiger partial charge in [0.2, 0.25) is 5.91 Å². The number of nitrogens with one attached hydrogen (secondary N) is 1. The van der Waals surface area contributed by atoms with Crippen molar-refractivity contribution in [2.45, 2.75) is 57.3 Å². The van der Waals surface area contributed by atoms with Gasteiger partial charge in [-0.25, -0.2) is 4.98 Å². The van der Waals surface area contributed by atoms with E-state index < -0.39 is 0 Å². The van der Waals surface area contributed by atoms with Crippen LogP contribution in [0.15, 0.2) is 52.4 Å². The summed E-state index contributed by atoms with van der Waals surface area (Å²) in [5, 5.41) is 4.27. The largest absolute Gasteiger partial charge is 0.349 e. The van der Waals surface area contributed by atoms with Crippen molar-refractivity contribution < 1.29 is 4.79 Å². The maximum absolute atomic E-state index is 12.7. The first-order valence-corrected chi connectivity index (χ1v) is 11.6. The molecule has 1 unspecified atom stereocenters. The van der Waals surface area contributed by atoms with Gasteiger partial charge in [-0.15, -0.1) is 0 Å². The molecule has 0 radical (unpaired) electrons. The van der Waals surface area contributed by atoms with Gasteiger partial charge in [0.15, 0.2) is 5.16 Å². The Kier molecular flexibility index (Phi) is 6.23. The molecule has 1 aromatic heterocycles. The molecule has 5 nitrogen and oxygen atoms in total. The van der Waals surface area contributed by atoms with Crippen molar-refractivity contribution in [2.75, 3.05) is 5.75 Å². The molecule has 0 aliphatic heterocycles. The number of hydrogen-bond acceptors (Lipinski definition) is 4. The highest BCUT2D eigenvalue weighted by atomic mass is 32.2. The predicted molar refractivity (Wildman–Crippen MR) is 122 cm³/mol. The number of nitrogens with zero attached hydrogens (tertiary/aromatic N) is 2. The fraction of sp³-hybridized carbons (Fsp3) is 0.375. The lowest BCUT2D eigenvalue weighted by Gasteiger charge is -2.20. The highest BCUT2D eigenvalue weighted by Crippen LogP contribution is 2.25. The number of amides is 1. The number of aryl methyl sites for hydroxylation is 2. The van der Waals surface area contributed by atoms with Crippen LogP contribution in [-0.4, -0.2) is 21.2 Å². The van der Waals surface area contributed by atoms with Gasteiger partial charge in [0.05, 0.1) is 22.7 Å². The van der Waals surface area contributed by atoms with Crippen LogP contribution in [0.1, 0.15) is 49.4 Å². The molecule has 1 aliphatic carbocycles. The van der Waals surface area contributed by atoms with Crippen LogP contribution in [-0.2, 0) is 24.2 Å². The first-order chi connectivity index (χ1) is 14.6. The Balaban J connectivity index is 1.44. The van der Waals surface area contributed by atoms with E-state index in [0.717, 1.165) is 18.4 Å². The van der Waals surface area contributed by atoms with Crippen molar-refractivity contribution in [3.63, 3.8) is 0 Å². The van der Waals surface area contributed by atoms with Gasteiger partial charge < -0.3 is 5.32 Å². The molecule has 4 rings (SSSR count). The molecular weight excluding hydrogens is 394 g/mol. The van der Waals surface area contributed by atoms with Gasteiger partial charge >= 0.3 is 0 Å². The Bertz CT molecular complexity index is 1140. The molecule has 3 aromatic rings. The van der Waals surface area contributed by atoms with E-state index in [1.165, 1.54) is 35.7 Å². The summed E-state index contributed by atoms with van der Waals surface area (Å²) in [6.07, 6.45) is 4.79. The third-order valence-corrected chi connectivity index (χ3v) is 6.70. The van der Waals surface area contributed by atoms with Gasteiger partial charge in [0.1, 0.15) is 0 Å². The maximum atomic E-state index is 12.7. The number of aromatic nitrogens is 2. The van der Waals surface area contributed by atoms with Crippen molar-refractivity contribution >= 4 is 28.6 Å². The zero-order valence-corrected chi connectivity index (χ0v) is 18.3. The van der Waals surface area contributed by atoms with E-state index >= 15 is 0 Å². The average molecular weight is 422 g/mol. The van der Waals surface area contributed by atoms with Gasteiger partial charge in [0.25, 0.3) is 5.56 Å². The molecule has 30 heavy (non-hydrogen) atoms. The van der Waals surface area contributed by atoms with Crippen LogP contribution < -0.4 is 10.9 Å². The smallest absolute Gasteiger partial charge is 0.262 e. The zero-order valence-electron chi connectivity index (χ0n) is 17.5. The Morgan fingerprint density at radius 3 is 2.73 bits per heavy atom.